The summed E-state index contributed by atoms with van der Waals surface area (Å²) in [6, 6.07) is 4.65. The summed E-state index contributed by atoms with van der Waals surface area (Å²) in [6.45, 7) is 6.00. The van der Waals surface area contributed by atoms with E-state index < -0.39 is 4.92 Å². The van der Waals surface area contributed by atoms with Gasteiger partial charge in [-0.25, -0.2) is 0 Å². The second kappa shape index (κ2) is 6.56. The summed E-state index contributed by atoms with van der Waals surface area (Å²) in [5.74, 6) is 0.508. The molecule has 0 aromatic heterocycles. The van der Waals surface area contributed by atoms with Crippen LogP contribution in [0.3, 0.4) is 0 Å². The Bertz CT molecular complexity index is 537. The third-order valence-corrected chi connectivity index (χ3v) is 3.89. The van der Waals surface area contributed by atoms with E-state index in [4.69, 9.17) is 0 Å². The zero-order valence-corrected chi connectivity index (χ0v) is 12.5. The lowest BCUT2D eigenvalue weighted by molar-refractivity contribution is -0.384. The zero-order chi connectivity index (χ0) is 15.4. The number of carbonyl (C=O) groups excluding carboxylic acids is 1. The molecule has 0 bridgehead atoms. The molecule has 1 fully saturated rings. The van der Waals surface area contributed by atoms with Crippen molar-refractivity contribution in [2.75, 3.05) is 25.0 Å². The summed E-state index contributed by atoms with van der Waals surface area (Å²) in [4.78, 5) is 25.1. The number of piperidine rings is 1. The van der Waals surface area contributed by atoms with E-state index in [2.05, 4.69) is 12.2 Å². The van der Waals surface area contributed by atoms with Crippen molar-refractivity contribution in [2.24, 2.45) is 5.92 Å². The lowest BCUT2D eigenvalue weighted by Gasteiger charge is -2.30. The highest BCUT2D eigenvalue weighted by Crippen LogP contribution is 2.30. The number of benzene rings is 1. The second-order valence-electron chi connectivity index (χ2n) is 5.46. The molecule has 114 valence electrons. The Kier molecular flexibility index (Phi) is 4.77. The van der Waals surface area contributed by atoms with Crippen molar-refractivity contribution in [1.29, 1.82) is 0 Å². The number of rotatable bonds is 4. The quantitative estimate of drug-likeness (QED) is 0.683. The largest absolute Gasteiger partial charge is 0.379 e. The molecule has 1 amide bonds. The summed E-state index contributed by atoms with van der Waals surface area (Å²) >= 11 is 0. The van der Waals surface area contributed by atoms with Crippen molar-refractivity contribution in [3.63, 3.8) is 0 Å². The number of anilines is 1. The molecule has 1 aliphatic heterocycles. The normalized spacial score (nSPS) is 15.8. The number of nitro groups is 1. The van der Waals surface area contributed by atoms with Crippen LogP contribution in [0, 0.1) is 16.0 Å². The van der Waals surface area contributed by atoms with E-state index in [1.54, 1.807) is 17.0 Å². The van der Waals surface area contributed by atoms with Crippen molar-refractivity contribution in [2.45, 2.75) is 26.7 Å². The molecule has 0 aliphatic carbocycles. The lowest BCUT2D eigenvalue weighted by atomic mass is 9.98. The topological polar surface area (TPSA) is 75.5 Å². The molecular weight excluding hydrogens is 270 g/mol. The van der Waals surface area contributed by atoms with Gasteiger partial charge >= 0.3 is 0 Å². The fourth-order valence-corrected chi connectivity index (χ4v) is 2.62. The van der Waals surface area contributed by atoms with E-state index in [9.17, 15) is 14.9 Å². The van der Waals surface area contributed by atoms with Gasteiger partial charge in [-0.15, -0.1) is 0 Å². The highest BCUT2D eigenvalue weighted by molar-refractivity contribution is 6.01. The van der Waals surface area contributed by atoms with Crippen molar-refractivity contribution < 1.29 is 9.72 Å². The number of likely N-dealkylation sites (tertiary alicyclic amines) is 1. The van der Waals surface area contributed by atoms with E-state index in [0.29, 0.717) is 36.8 Å². The first-order valence-corrected chi connectivity index (χ1v) is 7.35. The molecule has 21 heavy (non-hydrogen) atoms. The minimum absolute atomic E-state index is 0.0481. The minimum atomic E-state index is -0.451. The predicted molar refractivity (Wildman–Crippen MR) is 81.6 cm³/mol. The van der Waals surface area contributed by atoms with Crippen molar-refractivity contribution >= 4 is 17.3 Å². The molecule has 0 saturated carbocycles. The molecule has 1 aliphatic rings. The van der Waals surface area contributed by atoms with Crippen LogP contribution in [0.25, 0.3) is 0 Å². The zero-order valence-electron chi connectivity index (χ0n) is 12.5. The molecule has 2 rings (SSSR count). The van der Waals surface area contributed by atoms with Gasteiger partial charge in [0.25, 0.3) is 11.6 Å². The van der Waals surface area contributed by atoms with Gasteiger partial charge in [0.2, 0.25) is 0 Å². The average Bonchev–Trinajstić information content (AvgIpc) is 2.47. The maximum atomic E-state index is 12.6. The first-order chi connectivity index (χ1) is 10.0. The Labute approximate surface area is 124 Å². The number of nitrogens with one attached hydrogen (secondary N) is 1. The van der Waals surface area contributed by atoms with Crippen LogP contribution in [-0.2, 0) is 0 Å². The average molecular weight is 291 g/mol. The standard InChI is InChI=1S/C15H21N3O3/c1-3-16-14-12(5-4-6-13(14)18(20)21)15(19)17-9-7-11(2)8-10-17/h4-6,11,16H,3,7-10H2,1-2H3. The summed E-state index contributed by atoms with van der Waals surface area (Å²) in [6.07, 6.45) is 1.97. The molecule has 6 heteroatoms. The van der Waals surface area contributed by atoms with Gasteiger partial charge in [0.15, 0.2) is 0 Å². The lowest BCUT2D eigenvalue weighted by Crippen LogP contribution is -2.38. The molecular formula is C15H21N3O3. The van der Waals surface area contributed by atoms with Gasteiger partial charge in [0, 0.05) is 25.7 Å². The van der Waals surface area contributed by atoms with Crippen LogP contribution in [0.15, 0.2) is 18.2 Å². The van der Waals surface area contributed by atoms with E-state index >= 15 is 0 Å². The molecule has 0 atom stereocenters. The molecule has 1 aromatic carbocycles. The number of para-hydroxylation sites is 1. The fraction of sp³-hybridized carbons (Fsp3) is 0.533. The number of nitrogens with zero attached hydrogens (tertiary/aromatic N) is 2. The third-order valence-electron chi connectivity index (χ3n) is 3.89. The van der Waals surface area contributed by atoms with Gasteiger partial charge in [0.05, 0.1) is 10.5 Å². The molecule has 0 radical (unpaired) electrons. The number of carbonyl (C=O) groups is 1. The smallest absolute Gasteiger partial charge is 0.293 e. The highest BCUT2D eigenvalue weighted by atomic mass is 16.6. The summed E-state index contributed by atoms with van der Waals surface area (Å²) in [5.41, 5.74) is 0.669. The van der Waals surface area contributed by atoms with Crippen molar-refractivity contribution in [1.82, 2.24) is 4.90 Å². The van der Waals surface area contributed by atoms with Gasteiger partial charge in [-0.3, -0.25) is 14.9 Å². The van der Waals surface area contributed by atoms with Gasteiger partial charge in [0.1, 0.15) is 5.69 Å². The maximum Gasteiger partial charge on any atom is 0.293 e. The van der Waals surface area contributed by atoms with Crippen molar-refractivity contribution in [3.8, 4) is 0 Å². The van der Waals surface area contributed by atoms with Crippen LogP contribution in [0.2, 0.25) is 0 Å². The van der Waals surface area contributed by atoms with E-state index in [1.165, 1.54) is 6.07 Å². The molecule has 1 saturated heterocycles. The van der Waals surface area contributed by atoms with Gasteiger partial charge in [-0.1, -0.05) is 13.0 Å². The van der Waals surface area contributed by atoms with Gasteiger partial charge < -0.3 is 10.2 Å². The van der Waals surface area contributed by atoms with Crippen LogP contribution >= 0.6 is 0 Å². The monoisotopic (exact) mass is 291 g/mol. The van der Waals surface area contributed by atoms with Crippen LogP contribution in [0.1, 0.15) is 37.0 Å². The third kappa shape index (κ3) is 3.32. The molecule has 0 spiro atoms. The van der Waals surface area contributed by atoms with Gasteiger partial charge in [-0.05, 0) is 31.7 Å². The fourth-order valence-electron chi connectivity index (χ4n) is 2.62. The van der Waals surface area contributed by atoms with Crippen LogP contribution in [0.4, 0.5) is 11.4 Å². The Morgan fingerprint density at radius 3 is 2.67 bits per heavy atom. The molecule has 1 heterocycles. The van der Waals surface area contributed by atoms with Crippen LogP contribution < -0.4 is 5.32 Å². The molecule has 1 aromatic rings. The van der Waals surface area contributed by atoms with E-state index in [-0.39, 0.29) is 11.6 Å². The number of amides is 1. The maximum absolute atomic E-state index is 12.6. The number of hydrogen-bond acceptors (Lipinski definition) is 4. The molecule has 6 nitrogen and oxygen atoms in total. The summed E-state index contributed by atoms with van der Waals surface area (Å²) in [5, 5.41) is 14.1. The van der Waals surface area contributed by atoms with Crippen LogP contribution in [-0.4, -0.2) is 35.4 Å². The Morgan fingerprint density at radius 1 is 1.43 bits per heavy atom. The minimum Gasteiger partial charge on any atom is -0.379 e. The molecule has 1 N–H and O–H groups in total. The summed E-state index contributed by atoms with van der Waals surface area (Å²) in [7, 11) is 0. The first-order valence-electron chi connectivity index (χ1n) is 7.35. The Balaban J connectivity index is 2.31. The van der Waals surface area contributed by atoms with Gasteiger partial charge in [-0.2, -0.15) is 0 Å². The number of hydrogen-bond donors (Lipinski definition) is 1. The van der Waals surface area contributed by atoms with E-state index in [1.807, 2.05) is 6.92 Å². The van der Waals surface area contributed by atoms with Crippen molar-refractivity contribution in [3.05, 3.63) is 33.9 Å². The molecule has 0 unspecified atom stereocenters. The SMILES string of the molecule is CCNc1c(C(=O)N2CCC(C)CC2)cccc1[N+](=O)[O-]. The summed E-state index contributed by atoms with van der Waals surface area (Å²) < 4.78 is 0. The second-order valence-corrected chi connectivity index (χ2v) is 5.46. The van der Waals surface area contributed by atoms with Crippen LogP contribution in [0.5, 0.6) is 0 Å². The Hall–Kier alpha value is -2.11. The first kappa shape index (κ1) is 15.3. The Morgan fingerprint density at radius 2 is 2.10 bits per heavy atom. The predicted octanol–water partition coefficient (Wildman–Crippen LogP) is 2.90. The number of nitro benzene ring substituents is 1. The highest BCUT2D eigenvalue weighted by Gasteiger charge is 2.26. The van der Waals surface area contributed by atoms with E-state index in [0.717, 1.165) is 12.8 Å².